The third-order valence-corrected chi connectivity index (χ3v) is 2.69. The Morgan fingerprint density at radius 2 is 2.15 bits per heavy atom. The fourth-order valence-electron chi connectivity index (χ4n) is 1.58. The molecule has 2 rings (SSSR count). The van der Waals surface area contributed by atoms with Crippen molar-refractivity contribution < 1.29 is 14.1 Å². The molecule has 1 aromatic heterocycles. The Bertz CT molecular complexity index is 688. The maximum Gasteiger partial charge on any atom is 0.305 e. The number of anilines is 1. The number of pyridine rings is 1. The van der Waals surface area contributed by atoms with Gasteiger partial charge in [0.15, 0.2) is 0 Å². The van der Waals surface area contributed by atoms with E-state index < -0.39 is 22.3 Å². The van der Waals surface area contributed by atoms with Crippen LogP contribution in [0.5, 0.6) is 0 Å². The molecule has 7 heteroatoms. The van der Waals surface area contributed by atoms with E-state index in [2.05, 4.69) is 10.3 Å². The van der Waals surface area contributed by atoms with E-state index in [0.717, 1.165) is 17.7 Å². The predicted molar refractivity (Wildman–Crippen MR) is 70.0 cm³/mol. The maximum atomic E-state index is 13.2. The summed E-state index contributed by atoms with van der Waals surface area (Å²) in [5, 5.41) is 13.2. The molecule has 0 radical (unpaired) electrons. The Labute approximate surface area is 113 Å². The van der Waals surface area contributed by atoms with Gasteiger partial charge in [0.1, 0.15) is 0 Å². The lowest BCUT2D eigenvalue weighted by Crippen LogP contribution is -2.13. The van der Waals surface area contributed by atoms with Crippen LogP contribution in [0.15, 0.2) is 36.7 Å². The fourth-order valence-corrected chi connectivity index (χ4v) is 1.58. The van der Waals surface area contributed by atoms with Crippen LogP contribution in [0, 0.1) is 22.9 Å². The van der Waals surface area contributed by atoms with Crippen molar-refractivity contribution in [3.05, 3.63) is 63.7 Å². The molecule has 1 heterocycles. The zero-order valence-corrected chi connectivity index (χ0v) is 10.5. The second kappa shape index (κ2) is 5.43. The number of carbonyl (C=O) groups excluding carboxylic acids is 1. The highest BCUT2D eigenvalue weighted by Gasteiger charge is 2.17. The lowest BCUT2D eigenvalue weighted by molar-refractivity contribution is -0.387. The lowest BCUT2D eigenvalue weighted by Gasteiger charge is -2.07. The van der Waals surface area contributed by atoms with Crippen LogP contribution in [-0.2, 0) is 0 Å². The standard InChI is InChI=1S/C13H10FN3O3/c1-8-4-5-15-7-11(8)16-13(18)9-2-3-10(14)12(6-9)17(19)20/h2-7H,1H3,(H,16,18). The molecule has 1 aromatic carbocycles. The van der Waals surface area contributed by atoms with Crippen molar-refractivity contribution in [2.45, 2.75) is 6.92 Å². The lowest BCUT2D eigenvalue weighted by atomic mass is 10.1. The van der Waals surface area contributed by atoms with Gasteiger partial charge in [-0.05, 0) is 30.7 Å². The first-order valence-electron chi connectivity index (χ1n) is 5.65. The normalized spacial score (nSPS) is 10.1. The van der Waals surface area contributed by atoms with Crippen molar-refractivity contribution in [1.29, 1.82) is 0 Å². The van der Waals surface area contributed by atoms with Crippen molar-refractivity contribution in [2.75, 3.05) is 5.32 Å². The third kappa shape index (κ3) is 2.77. The molecule has 0 aliphatic rings. The summed E-state index contributed by atoms with van der Waals surface area (Å²) in [6, 6.07) is 4.69. The zero-order chi connectivity index (χ0) is 14.7. The SMILES string of the molecule is Cc1ccncc1NC(=O)c1ccc(F)c([N+](=O)[O-])c1. The maximum absolute atomic E-state index is 13.2. The van der Waals surface area contributed by atoms with Crippen molar-refractivity contribution in [3.63, 3.8) is 0 Å². The number of aromatic nitrogens is 1. The summed E-state index contributed by atoms with van der Waals surface area (Å²) < 4.78 is 13.2. The highest BCUT2D eigenvalue weighted by molar-refractivity contribution is 6.04. The smallest absolute Gasteiger partial charge is 0.305 e. The van der Waals surface area contributed by atoms with E-state index in [1.54, 1.807) is 19.2 Å². The van der Waals surface area contributed by atoms with Gasteiger partial charge in [0.25, 0.3) is 5.91 Å². The number of nitro groups is 1. The van der Waals surface area contributed by atoms with Crippen molar-refractivity contribution in [2.24, 2.45) is 0 Å². The Morgan fingerprint density at radius 1 is 1.40 bits per heavy atom. The Morgan fingerprint density at radius 3 is 2.80 bits per heavy atom. The Hall–Kier alpha value is -2.83. The number of amides is 1. The predicted octanol–water partition coefficient (Wildman–Crippen LogP) is 2.69. The number of hydrogen-bond acceptors (Lipinski definition) is 4. The van der Waals surface area contributed by atoms with Gasteiger partial charge in [-0.3, -0.25) is 19.9 Å². The van der Waals surface area contributed by atoms with E-state index in [9.17, 15) is 19.3 Å². The van der Waals surface area contributed by atoms with Gasteiger partial charge in [-0.1, -0.05) is 0 Å². The summed E-state index contributed by atoms with van der Waals surface area (Å²) in [6.07, 6.45) is 3.04. The average molecular weight is 275 g/mol. The van der Waals surface area contributed by atoms with Crippen molar-refractivity contribution in [3.8, 4) is 0 Å². The molecule has 0 atom stereocenters. The third-order valence-electron chi connectivity index (χ3n) is 2.69. The quantitative estimate of drug-likeness (QED) is 0.689. The largest absolute Gasteiger partial charge is 0.320 e. The van der Waals surface area contributed by atoms with Crippen LogP contribution in [-0.4, -0.2) is 15.8 Å². The molecule has 0 unspecified atom stereocenters. The first-order valence-corrected chi connectivity index (χ1v) is 5.65. The molecule has 2 aromatic rings. The number of benzene rings is 1. The zero-order valence-electron chi connectivity index (χ0n) is 10.5. The number of nitro benzene ring substituents is 1. The van der Waals surface area contributed by atoms with E-state index in [-0.39, 0.29) is 5.56 Å². The molecule has 0 aliphatic heterocycles. The molecule has 102 valence electrons. The van der Waals surface area contributed by atoms with E-state index >= 15 is 0 Å². The summed E-state index contributed by atoms with van der Waals surface area (Å²) in [5.74, 6) is -1.55. The molecule has 20 heavy (non-hydrogen) atoms. The minimum Gasteiger partial charge on any atom is -0.320 e. The molecule has 6 nitrogen and oxygen atoms in total. The molecule has 1 amide bonds. The summed E-state index contributed by atoms with van der Waals surface area (Å²) in [7, 11) is 0. The number of rotatable bonds is 3. The molecular weight excluding hydrogens is 265 g/mol. The first kappa shape index (κ1) is 13.6. The van der Waals surface area contributed by atoms with Gasteiger partial charge in [0.2, 0.25) is 5.82 Å². The van der Waals surface area contributed by atoms with Crippen LogP contribution in [0.1, 0.15) is 15.9 Å². The Kier molecular flexibility index (Phi) is 3.69. The molecule has 1 N–H and O–H groups in total. The van der Waals surface area contributed by atoms with Gasteiger partial charge >= 0.3 is 5.69 Å². The molecule has 0 bridgehead atoms. The number of nitrogens with one attached hydrogen (secondary N) is 1. The van der Waals surface area contributed by atoms with Crippen molar-refractivity contribution in [1.82, 2.24) is 4.98 Å². The second-order valence-electron chi connectivity index (χ2n) is 4.07. The van der Waals surface area contributed by atoms with Gasteiger partial charge in [0.05, 0.1) is 16.8 Å². The average Bonchev–Trinajstić information content (AvgIpc) is 2.41. The second-order valence-corrected chi connectivity index (χ2v) is 4.07. The molecule has 0 aliphatic carbocycles. The van der Waals surface area contributed by atoms with Crippen LogP contribution in [0.4, 0.5) is 15.8 Å². The van der Waals surface area contributed by atoms with E-state index in [0.29, 0.717) is 5.69 Å². The molecular formula is C13H10FN3O3. The number of carbonyl (C=O) groups is 1. The number of hydrogen-bond donors (Lipinski definition) is 1. The van der Waals surface area contributed by atoms with Gasteiger partial charge in [-0.2, -0.15) is 4.39 Å². The number of halogens is 1. The van der Waals surface area contributed by atoms with E-state index in [4.69, 9.17) is 0 Å². The fraction of sp³-hybridized carbons (Fsp3) is 0.0769. The minimum atomic E-state index is -0.982. The van der Waals surface area contributed by atoms with Gasteiger partial charge in [-0.25, -0.2) is 0 Å². The van der Waals surface area contributed by atoms with Gasteiger partial charge in [-0.15, -0.1) is 0 Å². The summed E-state index contributed by atoms with van der Waals surface area (Å²) >= 11 is 0. The highest BCUT2D eigenvalue weighted by atomic mass is 19.1. The summed E-state index contributed by atoms with van der Waals surface area (Å²) in [5.41, 5.74) is 0.552. The van der Waals surface area contributed by atoms with Crippen LogP contribution in [0.2, 0.25) is 0 Å². The van der Waals surface area contributed by atoms with Crippen LogP contribution >= 0.6 is 0 Å². The molecule has 0 fully saturated rings. The van der Waals surface area contributed by atoms with Crippen LogP contribution in [0.25, 0.3) is 0 Å². The Balaban J connectivity index is 2.28. The molecule has 0 spiro atoms. The van der Waals surface area contributed by atoms with Crippen LogP contribution in [0.3, 0.4) is 0 Å². The van der Waals surface area contributed by atoms with E-state index in [1.807, 2.05) is 0 Å². The van der Waals surface area contributed by atoms with E-state index in [1.165, 1.54) is 12.3 Å². The topological polar surface area (TPSA) is 85.1 Å². The number of aryl methyl sites for hydroxylation is 1. The highest BCUT2D eigenvalue weighted by Crippen LogP contribution is 2.20. The first-order chi connectivity index (χ1) is 9.49. The molecule has 0 saturated heterocycles. The number of nitrogens with zero attached hydrogens (tertiary/aromatic N) is 2. The summed E-state index contributed by atoms with van der Waals surface area (Å²) in [4.78, 5) is 25.6. The monoisotopic (exact) mass is 275 g/mol. The van der Waals surface area contributed by atoms with Gasteiger partial charge < -0.3 is 5.32 Å². The molecule has 0 saturated carbocycles. The van der Waals surface area contributed by atoms with Crippen molar-refractivity contribution >= 4 is 17.3 Å². The minimum absolute atomic E-state index is 0.00125. The van der Waals surface area contributed by atoms with Crippen LogP contribution < -0.4 is 5.32 Å². The van der Waals surface area contributed by atoms with Gasteiger partial charge in [0, 0.05) is 17.8 Å². The summed E-state index contributed by atoms with van der Waals surface area (Å²) in [6.45, 7) is 1.78.